The molecule has 8 nitrogen and oxygen atoms in total. The van der Waals surface area contributed by atoms with Crippen LogP contribution in [0.25, 0.3) is 10.9 Å². The number of aromatic amines is 1. The summed E-state index contributed by atoms with van der Waals surface area (Å²) in [5.74, 6) is 1.38. The first kappa shape index (κ1) is 24.2. The van der Waals surface area contributed by atoms with Crippen molar-refractivity contribution in [3.8, 4) is 0 Å². The van der Waals surface area contributed by atoms with Gasteiger partial charge in [0.25, 0.3) is 0 Å². The number of hydrogen-bond donors (Lipinski definition) is 3. The second-order valence-electron chi connectivity index (χ2n) is 7.56. The molecule has 0 unspecified atom stereocenters. The van der Waals surface area contributed by atoms with Gasteiger partial charge in [-0.1, -0.05) is 0 Å². The van der Waals surface area contributed by atoms with E-state index in [0.29, 0.717) is 0 Å². The molecular formula is C22H30FIN8. The summed E-state index contributed by atoms with van der Waals surface area (Å²) in [5.41, 5.74) is 2.05. The van der Waals surface area contributed by atoms with Crippen molar-refractivity contribution in [3.05, 3.63) is 54.2 Å². The molecule has 3 heterocycles. The summed E-state index contributed by atoms with van der Waals surface area (Å²) < 4.78 is 13.5. The Balaban J connectivity index is 0.00000289. The van der Waals surface area contributed by atoms with Crippen LogP contribution in [0.2, 0.25) is 0 Å². The fourth-order valence-electron chi connectivity index (χ4n) is 3.85. The van der Waals surface area contributed by atoms with Crippen LogP contribution in [0.3, 0.4) is 0 Å². The van der Waals surface area contributed by atoms with E-state index < -0.39 is 0 Å². The minimum Gasteiger partial charge on any atom is -0.361 e. The molecule has 0 bridgehead atoms. The summed E-state index contributed by atoms with van der Waals surface area (Å²) in [6.45, 7) is 6.33. The van der Waals surface area contributed by atoms with Crippen molar-refractivity contribution in [1.29, 1.82) is 0 Å². The highest BCUT2D eigenvalue weighted by atomic mass is 127. The van der Waals surface area contributed by atoms with Crippen LogP contribution in [0.1, 0.15) is 5.56 Å². The van der Waals surface area contributed by atoms with Crippen molar-refractivity contribution < 1.29 is 4.39 Å². The highest BCUT2D eigenvalue weighted by molar-refractivity contribution is 14.0. The molecule has 2 aromatic heterocycles. The van der Waals surface area contributed by atoms with Crippen LogP contribution < -0.4 is 15.5 Å². The van der Waals surface area contributed by atoms with Crippen molar-refractivity contribution in [1.82, 2.24) is 30.5 Å². The number of benzene rings is 1. The number of nitrogens with one attached hydrogen (secondary N) is 3. The van der Waals surface area contributed by atoms with E-state index in [2.05, 4.69) is 40.4 Å². The number of guanidine groups is 1. The normalized spacial score (nSPS) is 14.9. The number of anilines is 1. The quantitative estimate of drug-likeness (QED) is 0.237. The van der Waals surface area contributed by atoms with Crippen molar-refractivity contribution in [2.45, 2.75) is 6.42 Å². The number of piperazine rings is 1. The van der Waals surface area contributed by atoms with Crippen LogP contribution in [0, 0.1) is 5.82 Å². The lowest BCUT2D eigenvalue weighted by Crippen LogP contribution is -2.49. The van der Waals surface area contributed by atoms with Crippen molar-refractivity contribution in [3.63, 3.8) is 0 Å². The fourth-order valence-corrected chi connectivity index (χ4v) is 3.85. The van der Waals surface area contributed by atoms with Gasteiger partial charge in [-0.2, -0.15) is 0 Å². The lowest BCUT2D eigenvalue weighted by atomic mass is 10.1. The summed E-state index contributed by atoms with van der Waals surface area (Å²) in [5, 5.41) is 7.65. The third-order valence-electron chi connectivity index (χ3n) is 5.57. The molecule has 32 heavy (non-hydrogen) atoms. The average Bonchev–Trinajstić information content (AvgIpc) is 3.21. The van der Waals surface area contributed by atoms with Gasteiger partial charge >= 0.3 is 0 Å². The Morgan fingerprint density at radius 2 is 1.88 bits per heavy atom. The maximum atomic E-state index is 13.5. The molecule has 1 fully saturated rings. The van der Waals surface area contributed by atoms with Crippen molar-refractivity contribution in [2.24, 2.45) is 4.99 Å². The van der Waals surface area contributed by atoms with E-state index in [1.807, 2.05) is 12.3 Å². The number of H-pyrrole nitrogens is 1. The zero-order valence-corrected chi connectivity index (χ0v) is 20.6. The minimum absolute atomic E-state index is 0. The highest BCUT2D eigenvalue weighted by Crippen LogP contribution is 2.19. The fraction of sp³-hybridized carbons (Fsp3) is 0.409. The summed E-state index contributed by atoms with van der Waals surface area (Å²) in [4.78, 5) is 20.8. The van der Waals surface area contributed by atoms with Gasteiger partial charge in [0, 0.05) is 82.4 Å². The van der Waals surface area contributed by atoms with Gasteiger partial charge in [0.1, 0.15) is 5.82 Å². The minimum atomic E-state index is -0.212. The molecule has 1 aromatic carbocycles. The smallest absolute Gasteiger partial charge is 0.225 e. The van der Waals surface area contributed by atoms with E-state index in [-0.39, 0.29) is 29.8 Å². The average molecular weight is 552 g/mol. The van der Waals surface area contributed by atoms with Gasteiger partial charge in [-0.05, 0) is 36.2 Å². The molecule has 0 radical (unpaired) electrons. The summed E-state index contributed by atoms with van der Waals surface area (Å²) in [7, 11) is 1.77. The maximum absolute atomic E-state index is 13.5. The lowest BCUT2D eigenvalue weighted by Gasteiger charge is -2.34. The zero-order valence-electron chi connectivity index (χ0n) is 18.2. The Labute approximate surface area is 204 Å². The number of halogens is 2. The predicted molar refractivity (Wildman–Crippen MR) is 137 cm³/mol. The molecule has 4 rings (SSSR count). The Morgan fingerprint density at radius 3 is 2.62 bits per heavy atom. The Hall–Kier alpha value is -2.47. The second kappa shape index (κ2) is 12.0. The summed E-state index contributed by atoms with van der Waals surface area (Å²) >= 11 is 0. The number of rotatable bonds is 7. The van der Waals surface area contributed by atoms with Gasteiger partial charge < -0.3 is 20.5 Å². The van der Waals surface area contributed by atoms with Gasteiger partial charge in [-0.3, -0.25) is 9.89 Å². The predicted octanol–water partition coefficient (Wildman–Crippen LogP) is 2.24. The number of aromatic nitrogens is 3. The molecule has 0 amide bonds. The van der Waals surface area contributed by atoms with Gasteiger partial charge in [0.15, 0.2) is 5.96 Å². The Bertz CT molecular complexity index is 1000. The van der Waals surface area contributed by atoms with Crippen LogP contribution >= 0.6 is 24.0 Å². The third-order valence-corrected chi connectivity index (χ3v) is 5.57. The Kier molecular flexibility index (Phi) is 9.03. The van der Waals surface area contributed by atoms with Gasteiger partial charge in [0.2, 0.25) is 5.95 Å². The molecule has 0 atom stereocenters. The highest BCUT2D eigenvalue weighted by Gasteiger charge is 2.18. The van der Waals surface area contributed by atoms with Gasteiger partial charge in [-0.15, -0.1) is 24.0 Å². The van der Waals surface area contributed by atoms with Crippen molar-refractivity contribution >= 4 is 46.8 Å². The molecule has 0 saturated carbocycles. The SMILES string of the molecule is CN=C(NCCc1c[nH]c2ccc(F)cc12)NCCN1CCN(c2ncccn2)CC1.I. The molecule has 1 aliphatic heterocycles. The van der Waals surface area contributed by atoms with E-state index in [0.717, 1.165) is 80.6 Å². The van der Waals surface area contributed by atoms with E-state index in [1.165, 1.54) is 6.07 Å². The van der Waals surface area contributed by atoms with E-state index in [9.17, 15) is 4.39 Å². The van der Waals surface area contributed by atoms with Gasteiger partial charge in [0.05, 0.1) is 0 Å². The van der Waals surface area contributed by atoms with Crippen LogP contribution in [0.5, 0.6) is 0 Å². The van der Waals surface area contributed by atoms with E-state index in [4.69, 9.17) is 0 Å². The first-order chi connectivity index (χ1) is 15.2. The van der Waals surface area contributed by atoms with Crippen LogP contribution in [-0.4, -0.2) is 78.7 Å². The number of nitrogens with zero attached hydrogens (tertiary/aromatic N) is 5. The molecule has 10 heteroatoms. The van der Waals surface area contributed by atoms with Crippen LogP contribution in [-0.2, 0) is 6.42 Å². The molecule has 172 valence electrons. The van der Waals surface area contributed by atoms with E-state index >= 15 is 0 Å². The molecule has 3 N–H and O–H groups in total. The zero-order chi connectivity index (χ0) is 21.5. The van der Waals surface area contributed by atoms with Crippen molar-refractivity contribution in [2.75, 3.05) is 57.8 Å². The Morgan fingerprint density at radius 1 is 1.12 bits per heavy atom. The number of hydrogen-bond acceptors (Lipinski definition) is 5. The van der Waals surface area contributed by atoms with E-state index in [1.54, 1.807) is 31.6 Å². The third kappa shape index (κ3) is 6.28. The molecule has 3 aromatic rings. The first-order valence-electron chi connectivity index (χ1n) is 10.7. The summed E-state index contributed by atoms with van der Waals surface area (Å²) in [6.07, 6.45) is 6.30. The standard InChI is InChI=1S/C22H29FN8.HI/c1-24-21(25-8-5-17-16-29-20-4-3-18(23)15-19(17)20)26-9-10-30-11-13-31(14-12-30)22-27-6-2-7-28-22;/h2-4,6-7,15-16,29H,5,8-14H2,1H3,(H2,24,25,26);1H. The molecule has 1 saturated heterocycles. The second-order valence-corrected chi connectivity index (χ2v) is 7.56. The largest absolute Gasteiger partial charge is 0.361 e. The lowest BCUT2D eigenvalue weighted by molar-refractivity contribution is 0.260. The summed E-state index contributed by atoms with van der Waals surface area (Å²) in [6, 6.07) is 6.67. The molecule has 1 aliphatic rings. The topological polar surface area (TPSA) is 84.5 Å². The monoisotopic (exact) mass is 552 g/mol. The molecule has 0 aliphatic carbocycles. The van der Waals surface area contributed by atoms with Crippen LogP contribution in [0.15, 0.2) is 47.8 Å². The maximum Gasteiger partial charge on any atom is 0.225 e. The van der Waals surface area contributed by atoms with Crippen LogP contribution in [0.4, 0.5) is 10.3 Å². The first-order valence-corrected chi connectivity index (χ1v) is 10.7. The molecular weight excluding hydrogens is 522 g/mol. The molecule has 0 spiro atoms. The number of fused-ring (bicyclic) bond motifs is 1. The van der Waals surface area contributed by atoms with Gasteiger partial charge in [-0.25, -0.2) is 14.4 Å². The number of aliphatic imine (C=N–C) groups is 1.